The van der Waals surface area contributed by atoms with E-state index < -0.39 is 17.9 Å². The van der Waals surface area contributed by atoms with Gasteiger partial charge >= 0.3 is 5.97 Å². The lowest BCUT2D eigenvalue weighted by Crippen LogP contribution is -2.63. The number of rotatable bonds is 6. The summed E-state index contributed by atoms with van der Waals surface area (Å²) >= 11 is 0. The second-order valence-electron chi connectivity index (χ2n) is 4.94. The standard InChI is InChI=1S/C15H19NO5/c1-4-11-13(15(18)19)16(14(11)17)8-9-5-6-10(20-2)7-12(9)21-3/h5-7,11,13H,4,8H2,1-3H3,(H,18,19). The number of carboxylic acid groups (broad SMARTS) is 1. The highest BCUT2D eigenvalue weighted by atomic mass is 16.5. The molecule has 2 rings (SSSR count). The van der Waals surface area contributed by atoms with Crippen LogP contribution in [0.15, 0.2) is 18.2 Å². The first-order valence-electron chi connectivity index (χ1n) is 6.77. The van der Waals surface area contributed by atoms with Gasteiger partial charge in [-0.3, -0.25) is 4.79 Å². The van der Waals surface area contributed by atoms with Gasteiger partial charge in [0.25, 0.3) is 0 Å². The number of carbonyl (C=O) groups is 2. The Balaban J connectivity index is 2.21. The lowest BCUT2D eigenvalue weighted by Gasteiger charge is -2.44. The van der Waals surface area contributed by atoms with Crippen molar-refractivity contribution in [2.24, 2.45) is 5.92 Å². The molecule has 1 aromatic rings. The summed E-state index contributed by atoms with van der Waals surface area (Å²) in [7, 11) is 3.08. The number of carbonyl (C=O) groups excluding carboxylic acids is 1. The van der Waals surface area contributed by atoms with Gasteiger partial charge in [0.1, 0.15) is 17.5 Å². The molecule has 0 radical (unpaired) electrons. The van der Waals surface area contributed by atoms with E-state index in [-0.39, 0.29) is 12.5 Å². The zero-order chi connectivity index (χ0) is 15.6. The Morgan fingerprint density at radius 2 is 2.05 bits per heavy atom. The Bertz CT molecular complexity index is 557. The van der Waals surface area contributed by atoms with E-state index >= 15 is 0 Å². The number of aliphatic carboxylic acids is 1. The Hall–Kier alpha value is -2.24. The fourth-order valence-corrected chi connectivity index (χ4v) is 2.67. The zero-order valence-electron chi connectivity index (χ0n) is 12.3. The molecule has 1 saturated heterocycles. The van der Waals surface area contributed by atoms with E-state index in [1.54, 1.807) is 25.3 Å². The fourth-order valence-electron chi connectivity index (χ4n) is 2.67. The van der Waals surface area contributed by atoms with Crippen molar-refractivity contribution in [3.63, 3.8) is 0 Å². The molecule has 6 nitrogen and oxygen atoms in total. The van der Waals surface area contributed by atoms with E-state index in [1.807, 2.05) is 6.92 Å². The van der Waals surface area contributed by atoms with E-state index in [0.717, 1.165) is 5.56 Å². The molecule has 1 N–H and O–H groups in total. The topological polar surface area (TPSA) is 76.1 Å². The number of hydrogen-bond donors (Lipinski definition) is 1. The second kappa shape index (κ2) is 6.03. The van der Waals surface area contributed by atoms with Crippen molar-refractivity contribution in [3.8, 4) is 11.5 Å². The first-order valence-corrected chi connectivity index (χ1v) is 6.77. The van der Waals surface area contributed by atoms with Crippen molar-refractivity contribution < 1.29 is 24.2 Å². The van der Waals surface area contributed by atoms with Gasteiger partial charge in [0.15, 0.2) is 0 Å². The molecular weight excluding hydrogens is 274 g/mol. The minimum absolute atomic E-state index is 0.122. The molecular formula is C15H19NO5. The van der Waals surface area contributed by atoms with Crippen LogP contribution < -0.4 is 9.47 Å². The van der Waals surface area contributed by atoms with Crippen LogP contribution >= 0.6 is 0 Å². The molecule has 1 fully saturated rings. The van der Waals surface area contributed by atoms with Gasteiger partial charge in [0, 0.05) is 11.6 Å². The minimum Gasteiger partial charge on any atom is -0.497 e. The third-order valence-electron chi connectivity index (χ3n) is 3.84. The molecule has 2 atom stereocenters. The zero-order valence-corrected chi connectivity index (χ0v) is 12.3. The summed E-state index contributed by atoms with van der Waals surface area (Å²) in [5.74, 6) is -0.290. The van der Waals surface area contributed by atoms with E-state index in [2.05, 4.69) is 0 Å². The molecule has 114 valence electrons. The van der Waals surface area contributed by atoms with Crippen LogP contribution in [0.1, 0.15) is 18.9 Å². The van der Waals surface area contributed by atoms with Gasteiger partial charge in [-0.2, -0.15) is 0 Å². The SMILES string of the molecule is CCC1C(=O)N(Cc2ccc(OC)cc2OC)C1C(=O)O. The van der Waals surface area contributed by atoms with Crippen LogP contribution in [0.4, 0.5) is 0 Å². The average Bonchev–Trinajstić information content (AvgIpc) is 2.49. The number of likely N-dealkylation sites (tertiary alicyclic amines) is 1. The van der Waals surface area contributed by atoms with Crippen LogP contribution in [0, 0.1) is 5.92 Å². The highest BCUT2D eigenvalue weighted by Crippen LogP contribution is 2.34. The summed E-state index contributed by atoms with van der Waals surface area (Å²) < 4.78 is 10.4. The quantitative estimate of drug-likeness (QED) is 0.805. The van der Waals surface area contributed by atoms with Crippen LogP contribution in [0.2, 0.25) is 0 Å². The molecule has 1 aromatic carbocycles. The molecule has 0 aliphatic carbocycles. The molecule has 0 saturated carbocycles. The summed E-state index contributed by atoms with van der Waals surface area (Å²) in [6, 6.07) is 4.50. The van der Waals surface area contributed by atoms with Crippen molar-refractivity contribution in [2.75, 3.05) is 14.2 Å². The van der Waals surface area contributed by atoms with Gasteiger partial charge < -0.3 is 19.5 Å². The van der Waals surface area contributed by atoms with Crippen molar-refractivity contribution in [1.82, 2.24) is 4.90 Å². The molecule has 0 spiro atoms. The van der Waals surface area contributed by atoms with Gasteiger partial charge in [-0.15, -0.1) is 0 Å². The van der Waals surface area contributed by atoms with Crippen LogP contribution in [0.5, 0.6) is 11.5 Å². The van der Waals surface area contributed by atoms with Crippen LogP contribution in [-0.4, -0.2) is 42.1 Å². The Morgan fingerprint density at radius 3 is 2.57 bits per heavy atom. The molecule has 1 amide bonds. The number of nitrogens with zero attached hydrogens (tertiary/aromatic N) is 1. The van der Waals surface area contributed by atoms with E-state index in [9.17, 15) is 14.7 Å². The third kappa shape index (κ3) is 2.66. The predicted molar refractivity (Wildman–Crippen MR) is 75.3 cm³/mol. The summed E-state index contributed by atoms with van der Waals surface area (Å²) in [5, 5.41) is 9.26. The third-order valence-corrected chi connectivity index (χ3v) is 3.84. The molecule has 0 bridgehead atoms. The summed E-state index contributed by atoms with van der Waals surface area (Å²) in [6.07, 6.45) is 0.534. The highest BCUT2D eigenvalue weighted by Gasteiger charge is 2.50. The van der Waals surface area contributed by atoms with Gasteiger partial charge in [0.2, 0.25) is 5.91 Å². The van der Waals surface area contributed by atoms with Crippen molar-refractivity contribution in [2.45, 2.75) is 25.9 Å². The molecule has 0 aromatic heterocycles. The smallest absolute Gasteiger partial charge is 0.327 e. The Labute approximate surface area is 123 Å². The lowest BCUT2D eigenvalue weighted by atomic mass is 9.84. The maximum atomic E-state index is 12.0. The first-order chi connectivity index (χ1) is 10.0. The number of methoxy groups -OCH3 is 2. The molecule has 2 unspecified atom stereocenters. The minimum atomic E-state index is -0.964. The van der Waals surface area contributed by atoms with Crippen molar-refractivity contribution >= 4 is 11.9 Å². The molecule has 6 heteroatoms. The lowest BCUT2D eigenvalue weighted by molar-refractivity contribution is -0.172. The first kappa shape index (κ1) is 15.2. The van der Waals surface area contributed by atoms with Gasteiger partial charge in [-0.25, -0.2) is 4.79 Å². The summed E-state index contributed by atoms with van der Waals surface area (Å²) in [6.45, 7) is 2.04. The maximum absolute atomic E-state index is 12.0. The maximum Gasteiger partial charge on any atom is 0.327 e. The van der Waals surface area contributed by atoms with E-state index in [4.69, 9.17) is 9.47 Å². The summed E-state index contributed by atoms with van der Waals surface area (Å²) in [5.41, 5.74) is 0.757. The van der Waals surface area contributed by atoms with Crippen molar-refractivity contribution in [3.05, 3.63) is 23.8 Å². The number of ether oxygens (including phenoxy) is 2. The molecule has 1 aliphatic rings. The monoisotopic (exact) mass is 293 g/mol. The number of benzene rings is 1. The second-order valence-corrected chi connectivity index (χ2v) is 4.94. The number of amides is 1. The Morgan fingerprint density at radius 1 is 1.33 bits per heavy atom. The van der Waals surface area contributed by atoms with Crippen LogP contribution in [0.25, 0.3) is 0 Å². The average molecular weight is 293 g/mol. The largest absolute Gasteiger partial charge is 0.497 e. The predicted octanol–water partition coefficient (Wildman–Crippen LogP) is 1.53. The van der Waals surface area contributed by atoms with Crippen molar-refractivity contribution in [1.29, 1.82) is 0 Å². The molecule has 21 heavy (non-hydrogen) atoms. The van der Waals surface area contributed by atoms with E-state index in [0.29, 0.717) is 17.9 Å². The number of hydrogen-bond acceptors (Lipinski definition) is 4. The number of β-lactam (4-membered cyclic amide) rings is 1. The van der Waals surface area contributed by atoms with Gasteiger partial charge in [-0.1, -0.05) is 6.92 Å². The van der Waals surface area contributed by atoms with Crippen LogP contribution in [-0.2, 0) is 16.1 Å². The Kier molecular flexibility index (Phi) is 4.35. The van der Waals surface area contributed by atoms with Gasteiger partial charge in [0.05, 0.1) is 26.7 Å². The fraction of sp³-hybridized carbons (Fsp3) is 0.467. The normalized spacial score (nSPS) is 20.9. The van der Waals surface area contributed by atoms with Crippen LogP contribution in [0.3, 0.4) is 0 Å². The molecule has 1 aliphatic heterocycles. The highest BCUT2D eigenvalue weighted by molar-refractivity contribution is 5.96. The molecule has 1 heterocycles. The number of carboxylic acids is 1. The van der Waals surface area contributed by atoms with E-state index in [1.165, 1.54) is 12.0 Å². The summed E-state index contributed by atoms with van der Waals surface area (Å²) in [4.78, 5) is 24.7. The van der Waals surface area contributed by atoms with Gasteiger partial charge in [-0.05, 0) is 18.6 Å².